The van der Waals surface area contributed by atoms with Crippen LogP contribution < -0.4 is 25.4 Å². The van der Waals surface area contributed by atoms with Crippen molar-refractivity contribution in [1.29, 1.82) is 0 Å². The van der Waals surface area contributed by atoms with Crippen LogP contribution in [0.2, 0.25) is 0 Å². The molecule has 2 aromatic carbocycles. The van der Waals surface area contributed by atoms with Crippen molar-refractivity contribution in [2.45, 2.75) is 107 Å². The molecule has 67 heavy (non-hydrogen) atoms. The number of primary amides is 1. The third-order valence-corrected chi connectivity index (χ3v) is 16.0. The summed E-state index contributed by atoms with van der Waals surface area (Å²) in [7, 11) is -4.72. The number of aliphatic hydroxyl groups is 1. The lowest BCUT2D eigenvalue weighted by Gasteiger charge is -2.57. The Labute approximate surface area is 390 Å². The maximum atomic E-state index is 14.1. The first-order chi connectivity index (χ1) is 32.0. The van der Waals surface area contributed by atoms with Gasteiger partial charge >= 0.3 is 5.69 Å². The Hall–Kier alpha value is -6.11. The summed E-state index contributed by atoms with van der Waals surface area (Å²) in [5, 5.41) is 26.1. The lowest BCUT2D eigenvalue weighted by molar-refractivity contribution is -0.384. The van der Waals surface area contributed by atoms with Crippen molar-refractivity contribution in [1.82, 2.24) is 24.6 Å². The molecule has 2 saturated carbocycles. The van der Waals surface area contributed by atoms with E-state index in [-0.39, 0.29) is 39.9 Å². The van der Waals surface area contributed by atoms with E-state index in [0.717, 1.165) is 57.0 Å². The maximum absolute atomic E-state index is 14.1. The van der Waals surface area contributed by atoms with Crippen molar-refractivity contribution in [3.05, 3.63) is 106 Å². The monoisotopic (exact) mass is 933 g/mol. The van der Waals surface area contributed by atoms with Crippen LogP contribution in [0.4, 0.5) is 17.2 Å². The van der Waals surface area contributed by atoms with Gasteiger partial charge in [-0.05, 0) is 117 Å². The van der Waals surface area contributed by atoms with E-state index >= 15 is 0 Å². The van der Waals surface area contributed by atoms with Crippen molar-refractivity contribution in [2.75, 3.05) is 42.9 Å². The number of nitrogens with two attached hydrogens (primary N) is 1. The zero-order valence-corrected chi connectivity index (χ0v) is 39.0. The van der Waals surface area contributed by atoms with E-state index < -0.39 is 42.9 Å². The summed E-state index contributed by atoms with van der Waals surface area (Å²) in [5.74, 6) is -1.00. The molecule has 2 atom stereocenters. The average Bonchev–Trinajstić information content (AvgIpc) is 3.97. The number of aromatic nitrogens is 3. The molecular formula is C49H59N9O8S. The molecule has 5 aromatic rings. The van der Waals surface area contributed by atoms with Crippen molar-refractivity contribution in [3.63, 3.8) is 0 Å². The summed E-state index contributed by atoms with van der Waals surface area (Å²) < 4.78 is 35.9. The fourth-order valence-corrected chi connectivity index (χ4v) is 11.8. The summed E-state index contributed by atoms with van der Waals surface area (Å²) in [6.07, 6.45) is 10.8. The molecule has 2 amide bonds. The number of anilines is 2. The number of amides is 2. The summed E-state index contributed by atoms with van der Waals surface area (Å²) >= 11 is 0. The minimum Gasteiger partial charge on any atom is -0.454 e. The van der Waals surface area contributed by atoms with E-state index in [4.69, 9.17) is 10.5 Å². The van der Waals surface area contributed by atoms with E-state index in [9.17, 15) is 33.2 Å². The number of nitrogens with one attached hydrogen (secondary N) is 3. The maximum Gasteiger partial charge on any atom is 0.312 e. The topological polar surface area (TPSA) is 239 Å². The van der Waals surface area contributed by atoms with Crippen LogP contribution in [0.15, 0.2) is 78.0 Å². The molecule has 9 rings (SSSR count). The zero-order valence-electron chi connectivity index (χ0n) is 38.2. The highest BCUT2D eigenvalue weighted by Crippen LogP contribution is 2.49. The quantitative estimate of drug-likeness (QED) is 0.0534. The Bertz CT molecular complexity index is 2800. The third-order valence-electron chi connectivity index (χ3n) is 14.7. The van der Waals surface area contributed by atoms with E-state index in [1.165, 1.54) is 36.5 Å². The highest BCUT2D eigenvalue weighted by molar-refractivity contribution is 7.90. The van der Waals surface area contributed by atoms with Gasteiger partial charge in [0.1, 0.15) is 16.3 Å². The van der Waals surface area contributed by atoms with Crippen molar-refractivity contribution in [3.8, 4) is 11.5 Å². The van der Waals surface area contributed by atoms with Crippen LogP contribution in [0.5, 0.6) is 11.5 Å². The van der Waals surface area contributed by atoms with Crippen molar-refractivity contribution in [2.24, 2.45) is 17.1 Å². The number of hydrogen-bond donors (Lipinski definition) is 5. The van der Waals surface area contributed by atoms with Gasteiger partial charge in [0.2, 0.25) is 5.82 Å². The Morgan fingerprint density at radius 2 is 1.76 bits per heavy atom. The second-order valence-electron chi connectivity index (χ2n) is 19.7. The first kappa shape index (κ1) is 46.0. The molecule has 2 aliphatic heterocycles. The van der Waals surface area contributed by atoms with Gasteiger partial charge in [0, 0.05) is 68.2 Å². The number of carbonyl (C=O) groups excluding carboxylic acids is 2. The number of aromatic amines is 1. The van der Waals surface area contributed by atoms with Crippen LogP contribution in [0.3, 0.4) is 0 Å². The van der Waals surface area contributed by atoms with Gasteiger partial charge in [-0.1, -0.05) is 44.5 Å². The largest absolute Gasteiger partial charge is 0.454 e. The summed E-state index contributed by atoms with van der Waals surface area (Å²) in [4.78, 5) is 53.9. The Balaban J connectivity index is 0.929. The van der Waals surface area contributed by atoms with E-state index in [0.29, 0.717) is 61.1 Å². The number of nitro groups is 1. The van der Waals surface area contributed by atoms with Crippen molar-refractivity contribution < 1.29 is 32.8 Å². The van der Waals surface area contributed by atoms with Crippen LogP contribution >= 0.6 is 0 Å². The molecule has 6 N–H and O–H groups in total. The summed E-state index contributed by atoms with van der Waals surface area (Å²) in [6.45, 7) is 10.3. The smallest absolute Gasteiger partial charge is 0.312 e. The van der Waals surface area contributed by atoms with Crippen LogP contribution in [0.25, 0.3) is 11.0 Å². The number of nitrogens with zero attached hydrogens (tertiary/aromatic N) is 5. The predicted octanol–water partition coefficient (Wildman–Crippen LogP) is 7.59. The van der Waals surface area contributed by atoms with E-state index in [1.807, 2.05) is 4.72 Å². The molecule has 4 aliphatic rings. The third kappa shape index (κ3) is 9.56. The number of likely N-dealkylation sites (tertiary alicyclic amines) is 1. The van der Waals surface area contributed by atoms with Crippen LogP contribution in [0, 0.1) is 21.4 Å². The number of carbonyl (C=O) groups is 2. The number of benzene rings is 2. The highest BCUT2D eigenvalue weighted by atomic mass is 32.2. The number of piperidine rings is 1. The Kier molecular flexibility index (Phi) is 12.5. The fraction of sp³-hybridized carbons (Fsp3) is 0.469. The normalized spacial score (nSPS) is 23.0. The highest BCUT2D eigenvalue weighted by Gasteiger charge is 2.49. The number of sulfonamides is 1. The lowest BCUT2D eigenvalue weighted by atomic mass is 9.70. The van der Waals surface area contributed by atoms with Gasteiger partial charge < -0.3 is 30.8 Å². The summed E-state index contributed by atoms with van der Waals surface area (Å²) in [5.41, 5.74) is 8.34. The molecule has 4 fully saturated rings. The van der Waals surface area contributed by atoms with Crippen LogP contribution in [-0.4, -0.2) is 94.5 Å². The van der Waals surface area contributed by atoms with Gasteiger partial charge in [0.05, 0.1) is 22.3 Å². The standard InChI is InChI=1S/C49H59N9O8S/c1-30(2)35-7-4-5-8-36(35)37-9-6-10-39(37)57-28-49(29-57)18-21-56(22-19-49)33-11-12-38(41(24-33)66-42-23-32-15-20-51-45(32)54-43(42)44(50)59)47(60)55-67(64,65)34-25-40(58(62)63)46(53-27-34)52-26-31-13-16-48(3,61)17-14-31/h4-5,7-8,11-12,15,20,23-25,27,30-31,37,39,61H,6,9-10,13-14,16-19,21-22,26,28-29H2,1-3H3,(H2,50,59)(H,51,54)(H,52,53)(H,55,60)/t31-,37-,39-,48-/m1/s1. The molecule has 3 aromatic heterocycles. The molecule has 0 unspecified atom stereocenters. The second-order valence-corrected chi connectivity index (χ2v) is 21.4. The Morgan fingerprint density at radius 1 is 1.01 bits per heavy atom. The molecular weight excluding hydrogens is 875 g/mol. The SMILES string of the molecule is CC(C)c1ccccc1[C@H]1CCC[C@H]1N1CC2(CCN(c3ccc(C(=O)NS(=O)(=O)c4cnc(NC[C@H]5CC[C@](C)(O)CC5)c([N+](=O)[O-])c4)c(Oc4cc5cc[nH]c5nc4C(N)=O)c3)CC2)C1. The van der Waals surface area contributed by atoms with Crippen LogP contribution in [-0.2, 0) is 10.0 Å². The fourth-order valence-electron chi connectivity index (χ4n) is 10.9. The molecule has 354 valence electrons. The van der Waals surface area contributed by atoms with Gasteiger partial charge in [0.15, 0.2) is 11.4 Å². The predicted molar refractivity (Wildman–Crippen MR) is 254 cm³/mol. The van der Waals surface area contributed by atoms with Crippen molar-refractivity contribution >= 4 is 50.1 Å². The molecule has 0 bridgehead atoms. The van der Waals surface area contributed by atoms with Crippen LogP contribution in [0.1, 0.15) is 122 Å². The zero-order chi connectivity index (χ0) is 47.3. The number of ether oxygens (including phenoxy) is 1. The molecule has 0 radical (unpaired) electrons. The number of H-pyrrole nitrogens is 1. The van der Waals surface area contributed by atoms with E-state index in [1.54, 1.807) is 37.4 Å². The van der Waals surface area contributed by atoms with Gasteiger partial charge in [0.25, 0.3) is 21.8 Å². The number of fused-ring (bicyclic) bond motifs is 1. The minimum atomic E-state index is -4.72. The molecule has 17 nitrogen and oxygen atoms in total. The molecule has 5 heterocycles. The van der Waals surface area contributed by atoms with Gasteiger partial charge in [-0.25, -0.2) is 23.1 Å². The van der Waals surface area contributed by atoms with Gasteiger partial charge in [-0.2, -0.15) is 0 Å². The molecule has 1 spiro atoms. The van der Waals surface area contributed by atoms with E-state index in [2.05, 4.69) is 68.2 Å². The minimum absolute atomic E-state index is 0.0384. The number of pyridine rings is 2. The molecule has 2 aliphatic carbocycles. The molecule has 18 heteroatoms. The first-order valence-electron chi connectivity index (χ1n) is 23.3. The first-order valence-corrected chi connectivity index (χ1v) is 24.8. The van der Waals surface area contributed by atoms with Gasteiger partial charge in [-0.3, -0.25) is 24.6 Å². The number of rotatable bonds is 14. The van der Waals surface area contributed by atoms with Gasteiger partial charge in [-0.15, -0.1) is 0 Å². The number of hydrogen-bond acceptors (Lipinski definition) is 13. The molecule has 2 saturated heterocycles. The Morgan fingerprint density at radius 3 is 2.48 bits per heavy atom. The summed E-state index contributed by atoms with van der Waals surface area (Å²) in [6, 6.07) is 18.5. The second kappa shape index (κ2) is 18.2. The average molecular weight is 934 g/mol. The lowest BCUT2D eigenvalue weighted by Crippen LogP contribution is -2.63.